The van der Waals surface area contributed by atoms with Gasteiger partial charge in [-0.1, -0.05) is 0 Å². The third kappa shape index (κ3) is 3.09. The van der Waals surface area contributed by atoms with Gasteiger partial charge >= 0.3 is 6.09 Å². The molecule has 1 atom stereocenters. The summed E-state index contributed by atoms with van der Waals surface area (Å²) in [5.74, 6) is -0.120. The van der Waals surface area contributed by atoms with E-state index in [1.54, 1.807) is 4.90 Å². The fourth-order valence-electron chi connectivity index (χ4n) is 1.52. The number of hydrogen-bond donors (Lipinski definition) is 1. The van der Waals surface area contributed by atoms with Gasteiger partial charge in [-0.3, -0.25) is 9.69 Å². The number of halogens is 1. The Labute approximate surface area is 116 Å². The number of nitrogens with one attached hydrogen (secondary N) is 1. The van der Waals surface area contributed by atoms with E-state index in [0.29, 0.717) is 13.1 Å². The smallest absolute Gasteiger partial charge is 0.415 e. The molecule has 1 aromatic rings. The molecule has 0 spiro atoms. The first-order valence-electron chi connectivity index (χ1n) is 5.04. The topological polar surface area (TPSA) is 58.6 Å². The monoisotopic (exact) mass is 366 g/mol. The van der Waals surface area contributed by atoms with Crippen LogP contribution in [0.4, 0.5) is 9.80 Å². The van der Waals surface area contributed by atoms with Gasteiger partial charge in [-0.25, -0.2) is 4.79 Å². The Hall–Kier alpha value is -0.830. The van der Waals surface area contributed by atoms with Gasteiger partial charge < -0.3 is 10.1 Å². The highest BCUT2D eigenvalue weighted by Crippen LogP contribution is 2.30. The molecule has 0 aliphatic carbocycles. The van der Waals surface area contributed by atoms with Gasteiger partial charge in [0.25, 0.3) is 0 Å². The lowest BCUT2D eigenvalue weighted by Crippen LogP contribution is -2.33. The first-order chi connectivity index (χ1) is 8.06. The van der Waals surface area contributed by atoms with Gasteiger partial charge in [-0.15, -0.1) is 11.3 Å². The quantitative estimate of drug-likeness (QED) is 0.831. The van der Waals surface area contributed by atoms with Crippen molar-refractivity contribution in [3.63, 3.8) is 0 Å². The van der Waals surface area contributed by atoms with Crippen molar-refractivity contribution in [1.29, 1.82) is 0 Å². The van der Waals surface area contributed by atoms with Crippen molar-refractivity contribution in [1.82, 2.24) is 5.32 Å². The summed E-state index contributed by atoms with van der Waals surface area (Å²) in [6.07, 6.45) is -0.621. The molecule has 0 bridgehead atoms. The summed E-state index contributed by atoms with van der Waals surface area (Å²) in [4.78, 5) is 24.0. The summed E-state index contributed by atoms with van der Waals surface area (Å²) in [5, 5.41) is 3.52. The van der Waals surface area contributed by atoms with Crippen LogP contribution in [0.3, 0.4) is 0 Å². The highest BCUT2D eigenvalue weighted by Gasteiger charge is 2.33. The highest BCUT2D eigenvalue weighted by molar-refractivity contribution is 14.1. The maximum atomic E-state index is 11.6. The van der Waals surface area contributed by atoms with Crippen molar-refractivity contribution >= 4 is 50.9 Å². The molecule has 1 saturated heterocycles. The SMILES string of the molecule is CC(=O)NCC1CN(c2ccc(I)s2)C(=O)O1. The molecule has 2 heterocycles. The lowest BCUT2D eigenvalue weighted by atomic mass is 10.3. The summed E-state index contributed by atoms with van der Waals surface area (Å²) in [6.45, 7) is 2.28. The Morgan fingerprint density at radius 1 is 1.71 bits per heavy atom. The lowest BCUT2D eigenvalue weighted by molar-refractivity contribution is -0.119. The molecule has 1 N–H and O–H groups in total. The third-order valence-corrected chi connectivity index (χ3v) is 4.19. The molecule has 17 heavy (non-hydrogen) atoms. The fourth-order valence-corrected chi connectivity index (χ4v) is 3.10. The van der Waals surface area contributed by atoms with Gasteiger partial charge in [0.2, 0.25) is 5.91 Å². The van der Waals surface area contributed by atoms with E-state index in [0.717, 1.165) is 7.88 Å². The normalized spacial score (nSPS) is 19.3. The van der Waals surface area contributed by atoms with Crippen molar-refractivity contribution in [2.75, 3.05) is 18.0 Å². The van der Waals surface area contributed by atoms with Crippen LogP contribution in [0, 0.1) is 2.88 Å². The standard InChI is InChI=1S/C10H11IN2O3S/c1-6(14)12-4-7-5-13(10(15)16-7)9-3-2-8(11)17-9/h2-3,7H,4-5H2,1H3,(H,12,14). The van der Waals surface area contributed by atoms with Crippen molar-refractivity contribution in [3.8, 4) is 0 Å². The lowest BCUT2D eigenvalue weighted by Gasteiger charge is -2.09. The van der Waals surface area contributed by atoms with E-state index >= 15 is 0 Å². The maximum absolute atomic E-state index is 11.6. The summed E-state index contributed by atoms with van der Waals surface area (Å²) in [7, 11) is 0. The molecular weight excluding hydrogens is 355 g/mol. The van der Waals surface area contributed by atoms with Gasteiger partial charge in [0, 0.05) is 6.92 Å². The van der Waals surface area contributed by atoms with Crippen LogP contribution >= 0.6 is 33.9 Å². The molecule has 2 rings (SSSR count). The van der Waals surface area contributed by atoms with Crippen LogP contribution in [0.1, 0.15) is 6.92 Å². The number of hydrogen-bond acceptors (Lipinski definition) is 4. The van der Waals surface area contributed by atoms with Crippen LogP contribution in [0.2, 0.25) is 0 Å². The molecule has 1 unspecified atom stereocenters. The Morgan fingerprint density at radius 3 is 3.06 bits per heavy atom. The first-order valence-corrected chi connectivity index (χ1v) is 6.93. The summed E-state index contributed by atoms with van der Waals surface area (Å²) >= 11 is 3.75. The zero-order valence-corrected chi connectivity index (χ0v) is 12.1. The predicted octanol–water partition coefficient (Wildman–Crippen LogP) is 1.81. The number of ether oxygens (including phenoxy) is 1. The number of carbonyl (C=O) groups is 2. The number of cyclic esters (lactones) is 1. The summed E-state index contributed by atoms with van der Waals surface area (Å²) in [5.41, 5.74) is 0. The van der Waals surface area contributed by atoms with Crippen molar-refractivity contribution in [2.24, 2.45) is 0 Å². The Balaban J connectivity index is 1.98. The molecule has 0 radical (unpaired) electrons. The molecule has 1 fully saturated rings. The molecule has 1 aromatic heterocycles. The average molecular weight is 366 g/mol. The molecular formula is C10H11IN2O3S. The van der Waals surface area contributed by atoms with E-state index in [4.69, 9.17) is 4.74 Å². The van der Waals surface area contributed by atoms with E-state index in [1.165, 1.54) is 18.3 Å². The van der Waals surface area contributed by atoms with Gasteiger partial charge in [0.15, 0.2) is 0 Å². The van der Waals surface area contributed by atoms with Gasteiger partial charge in [-0.05, 0) is 34.7 Å². The minimum Gasteiger partial charge on any atom is -0.442 e. The van der Waals surface area contributed by atoms with Crippen LogP contribution in [0.25, 0.3) is 0 Å². The Bertz CT molecular complexity index is 449. The number of nitrogens with zero attached hydrogens (tertiary/aromatic N) is 1. The summed E-state index contributed by atoms with van der Waals surface area (Å²) < 4.78 is 6.29. The van der Waals surface area contributed by atoms with Crippen molar-refractivity contribution in [2.45, 2.75) is 13.0 Å². The van der Waals surface area contributed by atoms with Gasteiger partial charge in [0.05, 0.1) is 16.0 Å². The summed E-state index contributed by atoms with van der Waals surface area (Å²) in [6, 6.07) is 3.85. The van der Waals surface area contributed by atoms with Gasteiger partial charge in [-0.2, -0.15) is 0 Å². The second-order valence-corrected chi connectivity index (χ2v) is 6.59. The number of rotatable bonds is 3. The second kappa shape index (κ2) is 5.21. The van der Waals surface area contributed by atoms with Crippen LogP contribution in [0.15, 0.2) is 12.1 Å². The number of carbonyl (C=O) groups excluding carboxylic acids is 2. The highest BCUT2D eigenvalue weighted by atomic mass is 127. The molecule has 1 aliphatic heterocycles. The molecule has 0 saturated carbocycles. The molecule has 5 nitrogen and oxygen atoms in total. The Morgan fingerprint density at radius 2 is 2.47 bits per heavy atom. The zero-order chi connectivity index (χ0) is 12.4. The van der Waals surface area contributed by atoms with Crippen LogP contribution in [0.5, 0.6) is 0 Å². The first kappa shape index (κ1) is 12.6. The van der Waals surface area contributed by atoms with Crippen molar-refractivity contribution < 1.29 is 14.3 Å². The predicted molar refractivity (Wildman–Crippen MR) is 73.3 cm³/mol. The zero-order valence-electron chi connectivity index (χ0n) is 9.10. The van der Waals surface area contributed by atoms with Crippen molar-refractivity contribution in [3.05, 3.63) is 15.0 Å². The Kier molecular flexibility index (Phi) is 3.87. The molecule has 0 aromatic carbocycles. The maximum Gasteiger partial charge on any atom is 0.415 e. The van der Waals surface area contributed by atoms with E-state index in [2.05, 4.69) is 27.9 Å². The van der Waals surface area contributed by atoms with E-state index in [1.807, 2.05) is 12.1 Å². The molecule has 1 aliphatic rings. The van der Waals surface area contributed by atoms with Crippen LogP contribution in [-0.4, -0.2) is 31.2 Å². The van der Waals surface area contributed by atoms with E-state index in [-0.39, 0.29) is 18.1 Å². The second-order valence-electron chi connectivity index (χ2n) is 3.63. The molecule has 2 amide bonds. The van der Waals surface area contributed by atoms with E-state index in [9.17, 15) is 9.59 Å². The molecule has 7 heteroatoms. The third-order valence-electron chi connectivity index (χ3n) is 2.28. The van der Waals surface area contributed by atoms with Crippen LogP contribution < -0.4 is 10.2 Å². The van der Waals surface area contributed by atoms with E-state index < -0.39 is 0 Å². The average Bonchev–Trinajstić information content (AvgIpc) is 2.82. The molecule has 92 valence electrons. The minimum atomic E-state index is -0.349. The number of amides is 2. The van der Waals surface area contributed by atoms with Gasteiger partial charge in [0.1, 0.15) is 11.1 Å². The number of thiophene rings is 1. The van der Waals surface area contributed by atoms with Crippen LogP contribution in [-0.2, 0) is 9.53 Å². The minimum absolute atomic E-state index is 0.120. The fraction of sp³-hybridized carbons (Fsp3) is 0.400. The number of anilines is 1. The largest absolute Gasteiger partial charge is 0.442 e.